The molecule has 0 aromatic heterocycles. The molecule has 4 rings (SSSR count). The highest BCUT2D eigenvalue weighted by molar-refractivity contribution is 6.39. The number of hydrogen-bond acceptors (Lipinski definition) is 17. The van der Waals surface area contributed by atoms with E-state index in [-0.39, 0.29) is 40.8 Å². The molecule has 7 N–H and O–H groups in total. The van der Waals surface area contributed by atoms with Crippen molar-refractivity contribution in [1.82, 2.24) is 0 Å². The Labute approximate surface area is 426 Å². The number of phenols is 2. The lowest BCUT2D eigenvalue weighted by Crippen LogP contribution is -2.64. The number of halogens is 2. The van der Waals surface area contributed by atoms with E-state index in [2.05, 4.69) is 0 Å². The van der Waals surface area contributed by atoms with Gasteiger partial charge < -0.3 is 68.9 Å². The number of carbonyl (C=O) groups is 3. The second-order valence-electron chi connectivity index (χ2n) is 19.7. The summed E-state index contributed by atoms with van der Waals surface area (Å²) in [5.41, 5.74) is 0.497. The maximum absolute atomic E-state index is 14.0. The van der Waals surface area contributed by atoms with Gasteiger partial charge in [-0.3, -0.25) is 4.79 Å². The Bertz CT molecular complexity index is 2200. The van der Waals surface area contributed by atoms with Crippen LogP contribution in [0.25, 0.3) is 0 Å². The van der Waals surface area contributed by atoms with Gasteiger partial charge in [-0.15, -0.1) is 0 Å². The quantitative estimate of drug-likeness (QED) is 0.0641. The van der Waals surface area contributed by atoms with Gasteiger partial charge in [0.2, 0.25) is 0 Å². The van der Waals surface area contributed by atoms with Gasteiger partial charge in [0.1, 0.15) is 46.7 Å². The molecule has 2 saturated heterocycles. The molecule has 17 nitrogen and oxygen atoms in total. The zero-order valence-corrected chi connectivity index (χ0v) is 44.1. The molecule has 3 aliphatic rings. The van der Waals surface area contributed by atoms with Crippen LogP contribution in [0, 0.1) is 17.8 Å². The van der Waals surface area contributed by atoms with Crippen LogP contribution >= 0.6 is 23.2 Å². The summed E-state index contributed by atoms with van der Waals surface area (Å²) in [7, 11) is 0. The van der Waals surface area contributed by atoms with Crippen molar-refractivity contribution in [1.29, 1.82) is 0 Å². The molecule has 1 unspecified atom stereocenters. The molecule has 0 bridgehead atoms. The molecule has 71 heavy (non-hydrogen) atoms. The molecule has 398 valence electrons. The first-order chi connectivity index (χ1) is 33.2. The van der Waals surface area contributed by atoms with Crippen molar-refractivity contribution in [3.8, 4) is 11.5 Å². The number of carbonyl (C=O) groups excluding carboxylic acids is 3. The summed E-state index contributed by atoms with van der Waals surface area (Å²) in [5, 5.41) is 76.4. The number of esters is 3. The third-order valence-corrected chi connectivity index (χ3v) is 13.7. The normalized spacial score (nSPS) is 34.8. The number of hydrogen-bond donors (Lipinski definition) is 7. The number of benzene rings is 1. The van der Waals surface area contributed by atoms with Crippen LogP contribution < -0.4 is 0 Å². The minimum atomic E-state index is -1.80. The lowest BCUT2D eigenvalue weighted by molar-refractivity contribution is -0.333. The Kier molecular flexibility index (Phi) is 21.8. The largest absolute Gasteiger partial charge is 0.505 e. The van der Waals surface area contributed by atoms with Crippen LogP contribution in [0.4, 0.5) is 0 Å². The van der Waals surface area contributed by atoms with Gasteiger partial charge in [0, 0.05) is 12.3 Å². The van der Waals surface area contributed by atoms with Crippen LogP contribution in [-0.4, -0.2) is 139 Å². The third-order valence-electron chi connectivity index (χ3n) is 12.9. The first kappa shape index (κ1) is 59.7. The molecular weight excluding hydrogens is 967 g/mol. The summed E-state index contributed by atoms with van der Waals surface area (Å²) in [5.74, 6) is -4.85. The number of ether oxygens (including phenoxy) is 7. The number of aromatic hydroxyl groups is 2. The SMILES string of the molecule is CCc1c(Cl)c(O)c(Cl)c(O)c1C(=O)O[C@H]1[C@H](O)[C@H](O)[C@H](OC/C2=C\C=C\CC(O)/C(C)=C/[C@H](CC)[C@@H](O[C@@H]3OC(C)(C)[C@@H](OC(=O)C(C)C)[C@H](O)[C@@H]3O)/C(C)=C/C(C)=C/C[C@H](C(C)C)OC2=O)O[C@@H]1C. The zero-order chi connectivity index (χ0) is 53.4. The monoisotopic (exact) mass is 1040 g/mol. The van der Waals surface area contributed by atoms with Gasteiger partial charge >= 0.3 is 17.9 Å². The molecule has 19 heteroatoms. The lowest BCUT2D eigenvalue weighted by Gasteiger charge is -2.47. The number of phenolic OH excluding ortho intramolecular Hbond substituents is 2. The minimum absolute atomic E-state index is 0.0113. The smallest absolute Gasteiger partial charge is 0.342 e. The maximum atomic E-state index is 14.0. The van der Waals surface area contributed by atoms with Gasteiger partial charge in [0.05, 0.1) is 41.4 Å². The fourth-order valence-electron chi connectivity index (χ4n) is 8.48. The predicted octanol–water partition coefficient (Wildman–Crippen LogP) is 6.86. The molecule has 2 fully saturated rings. The maximum Gasteiger partial charge on any atom is 0.342 e. The molecule has 13 atom stereocenters. The molecule has 1 aromatic carbocycles. The van der Waals surface area contributed by atoms with Crippen molar-refractivity contribution < 1.29 is 83.3 Å². The zero-order valence-electron chi connectivity index (χ0n) is 42.6. The van der Waals surface area contributed by atoms with Crippen molar-refractivity contribution in [3.05, 3.63) is 79.9 Å². The summed E-state index contributed by atoms with van der Waals surface area (Å²) in [6.45, 7) is 20.5. The molecular formula is C52H74Cl2O17. The van der Waals surface area contributed by atoms with E-state index in [4.69, 9.17) is 56.4 Å². The highest BCUT2D eigenvalue weighted by Crippen LogP contribution is 2.45. The van der Waals surface area contributed by atoms with Crippen molar-refractivity contribution in [2.45, 2.75) is 188 Å². The van der Waals surface area contributed by atoms with E-state index >= 15 is 0 Å². The number of aliphatic hydroxyl groups excluding tert-OH is 5. The molecule has 0 aliphatic carbocycles. The highest BCUT2D eigenvalue weighted by atomic mass is 35.5. The Morgan fingerprint density at radius 3 is 2.13 bits per heavy atom. The Morgan fingerprint density at radius 2 is 1.52 bits per heavy atom. The summed E-state index contributed by atoms with van der Waals surface area (Å²) in [6, 6.07) is 0. The second kappa shape index (κ2) is 25.9. The van der Waals surface area contributed by atoms with Crippen LogP contribution in [0.2, 0.25) is 10.0 Å². The van der Waals surface area contributed by atoms with E-state index in [1.165, 1.54) is 13.0 Å². The van der Waals surface area contributed by atoms with Crippen molar-refractivity contribution in [2.24, 2.45) is 17.8 Å². The van der Waals surface area contributed by atoms with Crippen molar-refractivity contribution >= 4 is 41.1 Å². The molecule has 0 amide bonds. The Hall–Kier alpha value is -3.85. The van der Waals surface area contributed by atoms with E-state index in [9.17, 15) is 50.1 Å². The summed E-state index contributed by atoms with van der Waals surface area (Å²) < 4.78 is 41.8. The van der Waals surface area contributed by atoms with Gasteiger partial charge in [0.15, 0.2) is 36.3 Å². The van der Waals surface area contributed by atoms with Crippen molar-refractivity contribution in [2.75, 3.05) is 6.61 Å². The summed E-state index contributed by atoms with van der Waals surface area (Å²) in [4.78, 5) is 39.9. The minimum Gasteiger partial charge on any atom is -0.505 e. The van der Waals surface area contributed by atoms with E-state index in [1.807, 2.05) is 52.8 Å². The van der Waals surface area contributed by atoms with Crippen molar-refractivity contribution in [3.63, 3.8) is 0 Å². The average Bonchev–Trinajstić information content (AvgIpc) is 3.31. The van der Waals surface area contributed by atoms with Gasteiger partial charge in [0.25, 0.3) is 0 Å². The van der Waals surface area contributed by atoms with Crippen LogP contribution in [0.3, 0.4) is 0 Å². The fraction of sp³-hybridized carbons (Fsp3) is 0.635. The summed E-state index contributed by atoms with van der Waals surface area (Å²) in [6.07, 6.45) is -4.24. The number of rotatable bonds is 12. The van der Waals surface area contributed by atoms with E-state index in [0.717, 1.165) is 11.1 Å². The van der Waals surface area contributed by atoms with Crippen LogP contribution in [0.1, 0.15) is 118 Å². The fourth-order valence-corrected chi connectivity index (χ4v) is 9.04. The van der Waals surface area contributed by atoms with E-state index in [1.54, 1.807) is 53.7 Å². The first-order valence-electron chi connectivity index (χ1n) is 24.1. The first-order valence-corrected chi connectivity index (χ1v) is 24.9. The molecule has 3 aliphatic heterocycles. The van der Waals surface area contributed by atoms with Gasteiger partial charge in [-0.25, -0.2) is 9.59 Å². The average molecular weight is 1040 g/mol. The van der Waals surface area contributed by atoms with E-state index in [0.29, 0.717) is 18.4 Å². The molecule has 1 aromatic rings. The highest BCUT2D eigenvalue weighted by Gasteiger charge is 2.53. The summed E-state index contributed by atoms with van der Waals surface area (Å²) >= 11 is 12.2. The second-order valence-corrected chi connectivity index (χ2v) is 20.4. The molecule has 0 saturated carbocycles. The Morgan fingerprint density at radius 1 is 0.873 bits per heavy atom. The standard InChI is InChI=1S/C52H74Cl2O17/c1-13-30-22-27(8)33(55)18-16-15-17-31(23-65-50-42(60)40(58)45(29(10)66-50)68-49(64)35-32(14-2)36(53)39(57)37(54)38(35)56)48(63)67-34(24(3)4)20-19-26(7)21-28(9)44(30)69-51-43(61)41(59)46(52(11,12)71-51)70-47(62)25(5)6/h15-17,19,21-22,24-25,29-30,33-34,40-46,50-51,55-61H,13-14,18,20,23H2,1-12H3/b16-15+,26-19+,27-22+,28-21+,31-17+/t29-,30+,33?,34-,40-,41-,42+,43+,44+,45-,46+,50-,51-/m1/s1. The van der Waals surface area contributed by atoms with Crippen LogP contribution in [-0.2, 0) is 49.2 Å². The van der Waals surface area contributed by atoms with Gasteiger partial charge in [-0.1, -0.05) is 101 Å². The van der Waals surface area contributed by atoms with Crippen LogP contribution in [0.5, 0.6) is 11.5 Å². The van der Waals surface area contributed by atoms with Crippen LogP contribution in [0.15, 0.2) is 58.7 Å². The molecule has 3 heterocycles. The van der Waals surface area contributed by atoms with E-state index < -0.39 is 132 Å². The number of aliphatic hydroxyl groups is 5. The topological polar surface area (TPSA) is 257 Å². The Balaban J connectivity index is 1.59. The molecule has 0 radical (unpaired) electrons. The van der Waals surface area contributed by atoms with Gasteiger partial charge in [-0.2, -0.15) is 0 Å². The van der Waals surface area contributed by atoms with Gasteiger partial charge in [-0.05, 0) is 89.5 Å². The molecule has 0 spiro atoms. The number of cyclic esters (lactones) is 1. The third kappa shape index (κ3) is 14.7. The predicted molar refractivity (Wildman–Crippen MR) is 263 cm³/mol. The lowest BCUT2D eigenvalue weighted by atomic mass is 9.88. The number of allylic oxidation sites excluding steroid dienone is 4.